The maximum atomic E-state index is 12.1. The van der Waals surface area contributed by atoms with E-state index in [4.69, 9.17) is 10.5 Å². The Morgan fingerprint density at radius 1 is 1.50 bits per heavy atom. The molecule has 1 saturated heterocycles. The van der Waals surface area contributed by atoms with Gasteiger partial charge in [0.2, 0.25) is 0 Å². The predicted octanol–water partition coefficient (Wildman–Crippen LogP) is 0.453. The molecule has 1 aliphatic heterocycles. The van der Waals surface area contributed by atoms with Crippen LogP contribution in [-0.2, 0) is 11.3 Å². The third kappa shape index (κ3) is 3.58. The van der Waals surface area contributed by atoms with Crippen LogP contribution in [0.2, 0.25) is 0 Å². The summed E-state index contributed by atoms with van der Waals surface area (Å²) in [6.45, 7) is 4.95. The highest BCUT2D eigenvalue weighted by Crippen LogP contribution is 2.18. The van der Waals surface area contributed by atoms with Gasteiger partial charge < -0.3 is 15.4 Å². The van der Waals surface area contributed by atoms with Crippen molar-refractivity contribution in [3.63, 3.8) is 0 Å². The van der Waals surface area contributed by atoms with Crippen molar-refractivity contribution < 1.29 is 4.74 Å². The van der Waals surface area contributed by atoms with E-state index in [0.29, 0.717) is 19.2 Å². The van der Waals surface area contributed by atoms with Gasteiger partial charge in [0.05, 0.1) is 18.0 Å². The van der Waals surface area contributed by atoms with Crippen LogP contribution in [0, 0.1) is 5.92 Å². The Labute approximate surface area is 119 Å². The van der Waals surface area contributed by atoms with Gasteiger partial charge in [-0.25, -0.2) is 4.68 Å². The number of aromatic nitrogens is 2. The molecule has 6 heteroatoms. The highest BCUT2D eigenvalue weighted by atomic mass is 16.5. The Hall–Kier alpha value is -1.40. The zero-order valence-electron chi connectivity index (χ0n) is 12.3. The molecule has 1 fully saturated rings. The third-order valence-electron chi connectivity index (χ3n) is 3.88. The van der Waals surface area contributed by atoms with Crippen LogP contribution in [0.4, 0.5) is 5.69 Å². The van der Waals surface area contributed by atoms with Gasteiger partial charge in [-0.05, 0) is 25.3 Å². The van der Waals surface area contributed by atoms with E-state index in [1.165, 1.54) is 4.68 Å². The lowest BCUT2D eigenvalue weighted by molar-refractivity contribution is 0.0819. The normalized spacial score (nSPS) is 18.2. The molecule has 0 bridgehead atoms. The molecular formula is C14H24N4O2. The molecule has 1 atom stereocenters. The Bertz CT molecular complexity index is 480. The highest BCUT2D eigenvalue weighted by Gasteiger charge is 2.19. The Morgan fingerprint density at radius 3 is 2.75 bits per heavy atom. The molecule has 20 heavy (non-hydrogen) atoms. The summed E-state index contributed by atoms with van der Waals surface area (Å²) in [7, 11) is 1.75. The number of ether oxygens (including phenoxy) is 1. The highest BCUT2D eigenvalue weighted by molar-refractivity contribution is 5.43. The van der Waals surface area contributed by atoms with E-state index in [0.717, 1.165) is 31.6 Å². The van der Waals surface area contributed by atoms with E-state index in [2.05, 4.69) is 10.00 Å². The average Bonchev–Trinajstić information content (AvgIpc) is 2.49. The van der Waals surface area contributed by atoms with Crippen LogP contribution in [0.1, 0.15) is 19.8 Å². The van der Waals surface area contributed by atoms with Crippen LogP contribution in [0.5, 0.6) is 0 Å². The topological polar surface area (TPSA) is 73.4 Å². The second kappa shape index (κ2) is 6.85. The van der Waals surface area contributed by atoms with Crippen molar-refractivity contribution in [3.05, 3.63) is 22.6 Å². The molecule has 0 saturated carbocycles. The number of hydrogen-bond acceptors (Lipinski definition) is 5. The van der Waals surface area contributed by atoms with Crippen molar-refractivity contribution in [1.29, 1.82) is 0 Å². The number of nitrogens with zero attached hydrogens (tertiary/aromatic N) is 3. The van der Waals surface area contributed by atoms with Crippen LogP contribution in [-0.4, -0.2) is 42.6 Å². The fraction of sp³-hybridized carbons (Fsp3) is 0.714. The van der Waals surface area contributed by atoms with Gasteiger partial charge >= 0.3 is 0 Å². The van der Waals surface area contributed by atoms with Gasteiger partial charge in [0, 0.05) is 32.8 Å². The van der Waals surface area contributed by atoms with Gasteiger partial charge in [0.25, 0.3) is 5.56 Å². The Balaban J connectivity index is 2.04. The molecule has 1 aliphatic rings. The van der Waals surface area contributed by atoms with Crippen molar-refractivity contribution in [3.8, 4) is 0 Å². The fourth-order valence-corrected chi connectivity index (χ4v) is 2.45. The van der Waals surface area contributed by atoms with Gasteiger partial charge in [-0.15, -0.1) is 0 Å². The molecule has 6 nitrogen and oxygen atoms in total. The predicted molar refractivity (Wildman–Crippen MR) is 79.0 cm³/mol. The van der Waals surface area contributed by atoms with E-state index in [9.17, 15) is 4.79 Å². The lowest BCUT2D eigenvalue weighted by atomic mass is 10.1. The van der Waals surface area contributed by atoms with E-state index in [1.807, 2.05) is 6.92 Å². The molecule has 112 valence electrons. The first-order valence-corrected chi connectivity index (χ1v) is 7.19. The minimum Gasteiger partial charge on any atom is -0.381 e. The summed E-state index contributed by atoms with van der Waals surface area (Å²) in [4.78, 5) is 14.3. The summed E-state index contributed by atoms with van der Waals surface area (Å²) in [5.74, 6) is 0.253. The lowest BCUT2D eigenvalue weighted by Gasteiger charge is -2.32. The van der Waals surface area contributed by atoms with Gasteiger partial charge in [-0.2, -0.15) is 5.10 Å². The molecule has 0 radical (unpaired) electrons. The number of hydrogen-bond donors (Lipinski definition) is 1. The van der Waals surface area contributed by atoms with Crippen LogP contribution in [0.15, 0.2) is 17.1 Å². The van der Waals surface area contributed by atoms with Crippen LogP contribution < -0.4 is 16.2 Å². The van der Waals surface area contributed by atoms with Crippen molar-refractivity contribution in [2.24, 2.45) is 11.7 Å². The molecule has 1 aromatic rings. The molecular weight excluding hydrogens is 256 g/mol. The zero-order valence-corrected chi connectivity index (χ0v) is 12.3. The van der Waals surface area contributed by atoms with Gasteiger partial charge in [0.1, 0.15) is 0 Å². The molecule has 0 amide bonds. The van der Waals surface area contributed by atoms with Crippen LogP contribution >= 0.6 is 0 Å². The van der Waals surface area contributed by atoms with Crippen molar-refractivity contribution in [2.45, 2.75) is 32.4 Å². The van der Waals surface area contributed by atoms with Crippen molar-refractivity contribution >= 4 is 5.69 Å². The van der Waals surface area contributed by atoms with Gasteiger partial charge in [0.15, 0.2) is 0 Å². The minimum atomic E-state index is -0.0586. The third-order valence-corrected chi connectivity index (χ3v) is 3.88. The summed E-state index contributed by atoms with van der Waals surface area (Å²) in [5.41, 5.74) is 6.42. The van der Waals surface area contributed by atoms with E-state index >= 15 is 0 Å². The van der Waals surface area contributed by atoms with Crippen LogP contribution in [0.3, 0.4) is 0 Å². The maximum absolute atomic E-state index is 12.1. The van der Waals surface area contributed by atoms with Crippen LogP contribution in [0.25, 0.3) is 0 Å². The maximum Gasteiger partial charge on any atom is 0.268 e. The average molecular weight is 280 g/mol. The second-order valence-corrected chi connectivity index (χ2v) is 5.50. The number of anilines is 1. The zero-order chi connectivity index (χ0) is 14.5. The first-order chi connectivity index (χ1) is 9.63. The molecule has 1 aromatic heterocycles. The monoisotopic (exact) mass is 280 g/mol. The number of methoxy groups -OCH3 is 1. The first-order valence-electron chi connectivity index (χ1n) is 7.19. The Morgan fingerprint density at radius 2 is 2.20 bits per heavy atom. The lowest BCUT2D eigenvalue weighted by Crippen LogP contribution is -2.38. The van der Waals surface area contributed by atoms with E-state index in [1.54, 1.807) is 19.4 Å². The fourth-order valence-electron chi connectivity index (χ4n) is 2.45. The summed E-state index contributed by atoms with van der Waals surface area (Å²) < 4.78 is 6.84. The minimum absolute atomic E-state index is 0.0586. The smallest absolute Gasteiger partial charge is 0.268 e. The first kappa shape index (κ1) is 15.0. The molecule has 2 rings (SSSR count). The van der Waals surface area contributed by atoms with Gasteiger partial charge in [-0.1, -0.05) is 6.92 Å². The second-order valence-electron chi connectivity index (χ2n) is 5.50. The number of rotatable bonds is 5. The summed E-state index contributed by atoms with van der Waals surface area (Å²) >= 11 is 0. The standard InChI is InChI=1S/C14H24N4O2/c1-11(8-15)10-18-14(19)7-12(9-16-18)17-5-3-13(20-2)4-6-17/h7,9,11,13H,3-6,8,10,15H2,1-2H3. The summed E-state index contributed by atoms with van der Waals surface area (Å²) in [5, 5.41) is 4.26. The molecule has 2 N–H and O–H groups in total. The van der Waals surface area contributed by atoms with Crippen molar-refractivity contribution in [2.75, 3.05) is 31.6 Å². The quantitative estimate of drug-likeness (QED) is 0.848. The molecule has 0 aromatic carbocycles. The van der Waals surface area contributed by atoms with Crippen molar-refractivity contribution in [1.82, 2.24) is 9.78 Å². The van der Waals surface area contributed by atoms with Gasteiger partial charge in [-0.3, -0.25) is 4.79 Å². The summed E-state index contributed by atoms with van der Waals surface area (Å²) in [6, 6.07) is 1.67. The van der Waals surface area contributed by atoms with E-state index in [-0.39, 0.29) is 11.5 Å². The van der Waals surface area contributed by atoms with E-state index < -0.39 is 0 Å². The largest absolute Gasteiger partial charge is 0.381 e. The molecule has 0 aliphatic carbocycles. The number of nitrogens with two attached hydrogens (primary N) is 1. The Kier molecular flexibility index (Phi) is 5.14. The molecule has 2 heterocycles. The molecule has 1 unspecified atom stereocenters. The molecule has 0 spiro atoms. The number of piperidine rings is 1. The summed E-state index contributed by atoms with van der Waals surface area (Å²) in [6.07, 6.45) is 4.09. The SMILES string of the molecule is COC1CCN(c2cnn(CC(C)CN)c(=O)c2)CC1.